The minimum atomic E-state index is -0.296. The second kappa shape index (κ2) is 4.01. The molecule has 3 nitrogen and oxygen atoms in total. The number of hydrogen-bond donors (Lipinski definition) is 0. The summed E-state index contributed by atoms with van der Waals surface area (Å²) in [5.41, 5.74) is 0. The molecule has 2 rings (SSSR count). The Bertz CT molecular complexity index is 211. The molecular weight excluding hydrogens is 178 g/mol. The van der Waals surface area contributed by atoms with Crippen LogP contribution < -0.4 is 0 Å². The van der Waals surface area contributed by atoms with E-state index in [9.17, 15) is 0 Å². The Hall–Kier alpha value is -0.380. The number of rotatable bonds is 2. The summed E-state index contributed by atoms with van der Waals surface area (Å²) in [6.07, 6.45) is 4.17. The molecule has 1 unspecified atom stereocenters. The molecule has 0 amide bonds. The molecule has 0 aromatic carbocycles. The maximum Gasteiger partial charge on any atom is 0.181 e. The zero-order valence-electron chi connectivity index (χ0n) is 8.87. The van der Waals surface area contributed by atoms with Gasteiger partial charge in [0, 0.05) is 12.5 Å². The van der Waals surface area contributed by atoms with Gasteiger partial charge in [-0.05, 0) is 19.9 Å². The van der Waals surface area contributed by atoms with E-state index in [0.29, 0.717) is 6.04 Å². The molecular formula is C11H19NO2. The molecule has 2 saturated heterocycles. The molecule has 2 heterocycles. The van der Waals surface area contributed by atoms with Gasteiger partial charge in [-0.15, -0.1) is 6.58 Å². The molecule has 0 saturated carbocycles. The van der Waals surface area contributed by atoms with Gasteiger partial charge in [-0.2, -0.15) is 0 Å². The van der Waals surface area contributed by atoms with Crippen LogP contribution in [0.2, 0.25) is 0 Å². The first kappa shape index (κ1) is 10.1. The first-order valence-electron chi connectivity index (χ1n) is 5.40. The molecule has 0 aromatic rings. The van der Waals surface area contributed by atoms with Gasteiger partial charge in [-0.3, -0.25) is 4.90 Å². The van der Waals surface area contributed by atoms with Gasteiger partial charge < -0.3 is 9.47 Å². The third-order valence-electron chi connectivity index (χ3n) is 3.18. The van der Waals surface area contributed by atoms with Gasteiger partial charge in [-0.1, -0.05) is 6.08 Å². The van der Waals surface area contributed by atoms with Gasteiger partial charge >= 0.3 is 0 Å². The molecule has 2 fully saturated rings. The van der Waals surface area contributed by atoms with Crippen molar-refractivity contribution in [1.29, 1.82) is 0 Å². The van der Waals surface area contributed by atoms with E-state index >= 15 is 0 Å². The van der Waals surface area contributed by atoms with Gasteiger partial charge in [0.15, 0.2) is 5.79 Å². The average Bonchev–Trinajstić information content (AvgIpc) is 2.65. The molecule has 3 heteroatoms. The van der Waals surface area contributed by atoms with Gasteiger partial charge in [0.2, 0.25) is 0 Å². The maximum atomic E-state index is 5.71. The van der Waals surface area contributed by atoms with E-state index in [1.54, 1.807) is 0 Å². The summed E-state index contributed by atoms with van der Waals surface area (Å²) >= 11 is 0. The van der Waals surface area contributed by atoms with Crippen LogP contribution in [0.4, 0.5) is 0 Å². The van der Waals surface area contributed by atoms with Gasteiger partial charge in [-0.25, -0.2) is 0 Å². The summed E-state index contributed by atoms with van der Waals surface area (Å²) in [5, 5.41) is 0. The standard InChI is InChI=1S/C11H19NO2/c1-3-10(2)12-6-4-5-11(9-12)13-7-8-14-11/h3,10H,1,4-9H2,2H3. The first-order chi connectivity index (χ1) is 6.76. The van der Waals surface area contributed by atoms with Gasteiger partial charge in [0.1, 0.15) is 0 Å². The normalized spacial score (nSPS) is 29.2. The number of piperidine rings is 1. The maximum absolute atomic E-state index is 5.71. The van der Waals surface area contributed by atoms with Crippen LogP contribution in [0, 0.1) is 0 Å². The van der Waals surface area contributed by atoms with Crippen molar-refractivity contribution in [2.24, 2.45) is 0 Å². The van der Waals surface area contributed by atoms with Gasteiger partial charge in [0.05, 0.1) is 19.8 Å². The average molecular weight is 197 g/mol. The van der Waals surface area contributed by atoms with Crippen molar-refractivity contribution >= 4 is 0 Å². The van der Waals surface area contributed by atoms with E-state index in [2.05, 4.69) is 18.4 Å². The van der Waals surface area contributed by atoms with Crippen LogP contribution >= 0.6 is 0 Å². The largest absolute Gasteiger partial charge is 0.346 e. The summed E-state index contributed by atoms with van der Waals surface area (Å²) in [6.45, 7) is 9.50. The Morgan fingerprint density at radius 2 is 2.14 bits per heavy atom. The summed E-state index contributed by atoms with van der Waals surface area (Å²) in [5.74, 6) is -0.296. The zero-order chi connectivity index (χ0) is 10.0. The lowest BCUT2D eigenvalue weighted by atomic mass is 10.0. The van der Waals surface area contributed by atoms with Crippen LogP contribution in [-0.2, 0) is 9.47 Å². The molecule has 2 aliphatic heterocycles. The number of nitrogens with zero attached hydrogens (tertiary/aromatic N) is 1. The van der Waals surface area contributed by atoms with Crippen molar-refractivity contribution in [3.8, 4) is 0 Å². The topological polar surface area (TPSA) is 21.7 Å². The highest BCUT2D eigenvalue weighted by atomic mass is 16.7. The van der Waals surface area contributed by atoms with Crippen molar-refractivity contribution in [3.63, 3.8) is 0 Å². The second-order valence-corrected chi connectivity index (χ2v) is 4.16. The minimum absolute atomic E-state index is 0.296. The fraction of sp³-hybridized carbons (Fsp3) is 0.818. The van der Waals surface area contributed by atoms with Crippen molar-refractivity contribution < 1.29 is 9.47 Å². The van der Waals surface area contributed by atoms with E-state index in [1.807, 2.05) is 6.08 Å². The summed E-state index contributed by atoms with van der Waals surface area (Å²) in [6, 6.07) is 0.417. The van der Waals surface area contributed by atoms with Crippen molar-refractivity contribution in [3.05, 3.63) is 12.7 Å². The Balaban J connectivity index is 1.99. The minimum Gasteiger partial charge on any atom is -0.346 e. The van der Waals surface area contributed by atoms with E-state index < -0.39 is 0 Å². The number of hydrogen-bond acceptors (Lipinski definition) is 3. The Kier molecular flexibility index (Phi) is 2.91. The van der Waals surface area contributed by atoms with E-state index in [0.717, 1.165) is 39.1 Å². The highest BCUT2D eigenvalue weighted by molar-refractivity contribution is 4.91. The lowest BCUT2D eigenvalue weighted by molar-refractivity contribution is -0.191. The highest BCUT2D eigenvalue weighted by Gasteiger charge is 2.41. The molecule has 0 aliphatic carbocycles. The SMILES string of the molecule is C=CC(C)N1CCCC2(C1)OCCO2. The number of likely N-dealkylation sites (tertiary alicyclic amines) is 1. The molecule has 80 valence electrons. The molecule has 2 aliphatic rings. The quantitative estimate of drug-likeness (QED) is 0.625. The van der Waals surface area contributed by atoms with Crippen LogP contribution in [0.5, 0.6) is 0 Å². The second-order valence-electron chi connectivity index (χ2n) is 4.16. The smallest absolute Gasteiger partial charge is 0.181 e. The molecule has 0 aromatic heterocycles. The molecule has 0 N–H and O–H groups in total. The summed E-state index contributed by atoms with van der Waals surface area (Å²) in [4.78, 5) is 2.38. The predicted molar refractivity (Wildman–Crippen MR) is 55.1 cm³/mol. The summed E-state index contributed by atoms with van der Waals surface area (Å²) < 4.78 is 11.4. The third-order valence-corrected chi connectivity index (χ3v) is 3.18. The highest BCUT2D eigenvalue weighted by Crippen LogP contribution is 2.30. The number of ether oxygens (including phenoxy) is 2. The van der Waals surface area contributed by atoms with E-state index in [4.69, 9.17) is 9.47 Å². The van der Waals surface area contributed by atoms with Crippen LogP contribution in [-0.4, -0.2) is 43.0 Å². The Labute approximate surface area is 85.7 Å². The monoisotopic (exact) mass is 197 g/mol. The fourth-order valence-electron chi connectivity index (χ4n) is 2.25. The molecule has 1 spiro atoms. The molecule has 1 atom stereocenters. The van der Waals surface area contributed by atoms with Crippen LogP contribution in [0.25, 0.3) is 0 Å². The van der Waals surface area contributed by atoms with Crippen LogP contribution in [0.15, 0.2) is 12.7 Å². The van der Waals surface area contributed by atoms with Gasteiger partial charge in [0.25, 0.3) is 0 Å². The zero-order valence-corrected chi connectivity index (χ0v) is 8.87. The lowest BCUT2D eigenvalue weighted by Gasteiger charge is -2.40. The first-order valence-corrected chi connectivity index (χ1v) is 5.40. The fourth-order valence-corrected chi connectivity index (χ4v) is 2.25. The van der Waals surface area contributed by atoms with E-state index in [-0.39, 0.29) is 5.79 Å². The third kappa shape index (κ3) is 1.85. The Morgan fingerprint density at radius 1 is 1.43 bits per heavy atom. The van der Waals surface area contributed by atoms with Crippen molar-refractivity contribution in [2.75, 3.05) is 26.3 Å². The van der Waals surface area contributed by atoms with Crippen molar-refractivity contribution in [2.45, 2.75) is 31.6 Å². The predicted octanol–water partition coefficient (Wildman–Crippen LogP) is 1.40. The van der Waals surface area contributed by atoms with E-state index in [1.165, 1.54) is 0 Å². The van der Waals surface area contributed by atoms with Crippen molar-refractivity contribution in [1.82, 2.24) is 4.90 Å². The lowest BCUT2D eigenvalue weighted by Crippen LogP contribution is -2.51. The Morgan fingerprint density at radius 3 is 2.79 bits per heavy atom. The van der Waals surface area contributed by atoms with Crippen LogP contribution in [0.1, 0.15) is 19.8 Å². The molecule has 0 bridgehead atoms. The molecule has 0 radical (unpaired) electrons. The summed E-state index contributed by atoms with van der Waals surface area (Å²) in [7, 11) is 0. The van der Waals surface area contributed by atoms with Crippen LogP contribution in [0.3, 0.4) is 0 Å². The molecule has 14 heavy (non-hydrogen) atoms.